The standard InChI is InChI=1S/C13H20N2O/c1-10-6-7-13(15-9-10)16-12-5-3-2-4-11(12)8-14/h6-7,9,11-12H,2-5,8,14H2,1H3. The van der Waals surface area contributed by atoms with Crippen LogP contribution in [0.5, 0.6) is 5.88 Å². The Labute approximate surface area is 97.0 Å². The van der Waals surface area contributed by atoms with Crippen LogP contribution in [0.3, 0.4) is 0 Å². The van der Waals surface area contributed by atoms with Crippen LogP contribution in [0.4, 0.5) is 0 Å². The van der Waals surface area contributed by atoms with Gasteiger partial charge in [0.2, 0.25) is 5.88 Å². The Morgan fingerprint density at radius 1 is 1.38 bits per heavy atom. The van der Waals surface area contributed by atoms with Gasteiger partial charge in [0.15, 0.2) is 0 Å². The van der Waals surface area contributed by atoms with Gasteiger partial charge in [-0.15, -0.1) is 0 Å². The lowest BCUT2D eigenvalue weighted by Gasteiger charge is -2.30. The van der Waals surface area contributed by atoms with E-state index in [2.05, 4.69) is 4.98 Å². The molecule has 3 heteroatoms. The van der Waals surface area contributed by atoms with E-state index in [1.807, 2.05) is 25.3 Å². The Hall–Kier alpha value is -1.09. The molecule has 2 rings (SSSR count). The van der Waals surface area contributed by atoms with Crippen molar-refractivity contribution in [3.63, 3.8) is 0 Å². The molecule has 2 unspecified atom stereocenters. The molecule has 0 aliphatic heterocycles. The summed E-state index contributed by atoms with van der Waals surface area (Å²) in [5.74, 6) is 1.23. The van der Waals surface area contributed by atoms with Crippen LogP contribution in [0.25, 0.3) is 0 Å². The highest BCUT2D eigenvalue weighted by atomic mass is 16.5. The van der Waals surface area contributed by atoms with Crippen molar-refractivity contribution in [2.45, 2.75) is 38.7 Å². The minimum absolute atomic E-state index is 0.258. The SMILES string of the molecule is Cc1ccc(OC2CCCCC2CN)nc1. The monoisotopic (exact) mass is 220 g/mol. The molecule has 1 aromatic heterocycles. The highest BCUT2D eigenvalue weighted by Crippen LogP contribution is 2.27. The van der Waals surface area contributed by atoms with Crippen LogP contribution >= 0.6 is 0 Å². The summed E-state index contributed by atoms with van der Waals surface area (Å²) in [6.07, 6.45) is 6.92. The predicted octanol–water partition coefficient (Wildman–Crippen LogP) is 2.29. The number of ether oxygens (including phenoxy) is 1. The lowest BCUT2D eigenvalue weighted by atomic mass is 9.86. The van der Waals surface area contributed by atoms with Gasteiger partial charge in [-0.3, -0.25) is 0 Å². The third kappa shape index (κ3) is 2.73. The van der Waals surface area contributed by atoms with E-state index in [1.165, 1.54) is 19.3 Å². The molecule has 88 valence electrons. The Kier molecular flexibility index (Phi) is 3.78. The molecule has 0 radical (unpaired) electrons. The topological polar surface area (TPSA) is 48.1 Å². The summed E-state index contributed by atoms with van der Waals surface area (Å²) < 4.78 is 5.92. The Morgan fingerprint density at radius 2 is 2.19 bits per heavy atom. The maximum Gasteiger partial charge on any atom is 0.213 e. The molecule has 1 saturated carbocycles. The van der Waals surface area contributed by atoms with E-state index < -0.39 is 0 Å². The number of hydrogen-bond donors (Lipinski definition) is 1. The molecular weight excluding hydrogens is 200 g/mol. The lowest BCUT2D eigenvalue weighted by molar-refractivity contribution is 0.0923. The second kappa shape index (κ2) is 5.30. The van der Waals surface area contributed by atoms with Crippen molar-refractivity contribution in [1.29, 1.82) is 0 Å². The summed E-state index contributed by atoms with van der Waals surface area (Å²) in [6.45, 7) is 2.75. The van der Waals surface area contributed by atoms with Gasteiger partial charge in [-0.1, -0.05) is 12.5 Å². The normalized spacial score (nSPS) is 25.4. The van der Waals surface area contributed by atoms with Gasteiger partial charge in [0.1, 0.15) is 6.10 Å². The molecule has 3 nitrogen and oxygen atoms in total. The Morgan fingerprint density at radius 3 is 2.88 bits per heavy atom. The number of rotatable bonds is 3. The molecule has 0 aromatic carbocycles. The first-order valence-corrected chi connectivity index (χ1v) is 6.09. The van der Waals surface area contributed by atoms with E-state index in [-0.39, 0.29) is 6.10 Å². The minimum Gasteiger partial charge on any atom is -0.474 e. The first-order chi connectivity index (χ1) is 7.79. The minimum atomic E-state index is 0.258. The van der Waals surface area contributed by atoms with Crippen LogP contribution in [0.15, 0.2) is 18.3 Å². The molecule has 1 fully saturated rings. The molecular formula is C13H20N2O. The first kappa shape index (κ1) is 11.4. The maximum atomic E-state index is 5.92. The van der Waals surface area contributed by atoms with E-state index in [4.69, 9.17) is 10.5 Å². The fraction of sp³-hybridized carbons (Fsp3) is 0.615. The van der Waals surface area contributed by atoms with Gasteiger partial charge < -0.3 is 10.5 Å². The van der Waals surface area contributed by atoms with Crippen LogP contribution in [0.2, 0.25) is 0 Å². The lowest BCUT2D eigenvalue weighted by Crippen LogP contribution is -2.35. The molecule has 0 amide bonds. The second-order valence-corrected chi connectivity index (χ2v) is 4.61. The number of pyridine rings is 1. The third-order valence-corrected chi connectivity index (χ3v) is 3.30. The van der Waals surface area contributed by atoms with Crippen molar-refractivity contribution < 1.29 is 4.74 Å². The quantitative estimate of drug-likeness (QED) is 0.850. The zero-order chi connectivity index (χ0) is 11.4. The maximum absolute atomic E-state index is 5.92. The van der Waals surface area contributed by atoms with Crippen molar-refractivity contribution in [2.24, 2.45) is 11.7 Å². The van der Waals surface area contributed by atoms with Crippen molar-refractivity contribution >= 4 is 0 Å². The average molecular weight is 220 g/mol. The third-order valence-electron chi connectivity index (χ3n) is 3.30. The highest BCUT2D eigenvalue weighted by Gasteiger charge is 2.25. The highest BCUT2D eigenvalue weighted by molar-refractivity contribution is 5.16. The van der Waals surface area contributed by atoms with Gasteiger partial charge in [-0.05, 0) is 38.3 Å². The summed E-state index contributed by atoms with van der Waals surface area (Å²) >= 11 is 0. The molecule has 2 N–H and O–H groups in total. The van der Waals surface area contributed by atoms with Crippen molar-refractivity contribution in [3.8, 4) is 5.88 Å². The van der Waals surface area contributed by atoms with Gasteiger partial charge in [0.25, 0.3) is 0 Å². The van der Waals surface area contributed by atoms with Gasteiger partial charge in [0.05, 0.1) is 0 Å². The molecule has 1 aliphatic carbocycles. The molecule has 16 heavy (non-hydrogen) atoms. The van der Waals surface area contributed by atoms with Gasteiger partial charge in [-0.2, -0.15) is 0 Å². The average Bonchev–Trinajstić information content (AvgIpc) is 2.33. The van der Waals surface area contributed by atoms with Crippen LogP contribution in [0, 0.1) is 12.8 Å². The predicted molar refractivity (Wildman–Crippen MR) is 64.4 cm³/mol. The summed E-state index contributed by atoms with van der Waals surface area (Å²) in [5, 5.41) is 0. The van der Waals surface area contributed by atoms with E-state index in [0.717, 1.165) is 24.4 Å². The fourth-order valence-electron chi connectivity index (χ4n) is 2.28. The Bertz CT molecular complexity index is 323. The molecule has 0 spiro atoms. The van der Waals surface area contributed by atoms with Crippen molar-refractivity contribution in [1.82, 2.24) is 4.98 Å². The zero-order valence-electron chi connectivity index (χ0n) is 9.86. The largest absolute Gasteiger partial charge is 0.474 e. The summed E-state index contributed by atoms with van der Waals surface area (Å²) in [4.78, 5) is 4.28. The number of aryl methyl sites for hydroxylation is 1. The summed E-state index contributed by atoms with van der Waals surface area (Å²) in [6, 6.07) is 3.97. The number of hydrogen-bond acceptors (Lipinski definition) is 3. The van der Waals surface area contributed by atoms with Crippen LogP contribution in [-0.4, -0.2) is 17.6 Å². The summed E-state index contributed by atoms with van der Waals surface area (Å²) in [5.41, 5.74) is 6.93. The Balaban J connectivity index is 1.99. The van der Waals surface area contributed by atoms with Crippen molar-refractivity contribution in [3.05, 3.63) is 23.9 Å². The van der Waals surface area contributed by atoms with Crippen molar-refractivity contribution in [2.75, 3.05) is 6.54 Å². The summed E-state index contributed by atoms with van der Waals surface area (Å²) in [7, 11) is 0. The number of nitrogens with two attached hydrogens (primary N) is 1. The van der Waals surface area contributed by atoms with Crippen LogP contribution in [-0.2, 0) is 0 Å². The smallest absolute Gasteiger partial charge is 0.213 e. The van der Waals surface area contributed by atoms with E-state index >= 15 is 0 Å². The molecule has 1 heterocycles. The molecule has 2 atom stereocenters. The van der Waals surface area contributed by atoms with Gasteiger partial charge in [-0.25, -0.2) is 4.98 Å². The van der Waals surface area contributed by atoms with E-state index in [1.54, 1.807) is 0 Å². The van der Waals surface area contributed by atoms with E-state index in [9.17, 15) is 0 Å². The number of aromatic nitrogens is 1. The number of nitrogens with zero attached hydrogens (tertiary/aromatic N) is 1. The van der Waals surface area contributed by atoms with Crippen LogP contribution < -0.4 is 10.5 Å². The molecule has 0 bridgehead atoms. The molecule has 1 aliphatic rings. The molecule has 0 saturated heterocycles. The van der Waals surface area contributed by atoms with Gasteiger partial charge in [0, 0.05) is 18.2 Å². The first-order valence-electron chi connectivity index (χ1n) is 6.09. The van der Waals surface area contributed by atoms with E-state index in [0.29, 0.717) is 5.92 Å². The van der Waals surface area contributed by atoms with Gasteiger partial charge >= 0.3 is 0 Å². The van der Waals surface area contributed by atoms with Crippen LogP contribution in [0.1, 0.15) is 31.2 Å². The second-order valence-electron chi connectivity index (χ2n) is 4.61. The fourth-order valence-corrected chi connectivity index (χ4v) is 2.28. The molecule has 1 aromatic rings. The zero-order valence-corrected chi connectivity index (χ0v) is 9.86.